The molecule has 14 nitrogen and oxygen atoms in total. The summed E-state index contributed by atoms with van der Waals surface area (Å²) in [5, 5.41) is 72.2. The predicted octanol–water partition coefficient (Wildman–Crippen LogP) is 8.19. The minimum absolute atomic E-state index is 0.0550. The van der Waals surface area contributed by atoms with Gasteiger partial charge in [-0.2, -0.15) is 0 Å². The molecule has 0 saturated carbocycles. The molecule has 2 heterocycles. The molecule has 7 N–H and O–H groups in total. The largest absolute Gasteiger partial charge is 0.457 e. The van der Waals surface area contributed by atoms with Crippen LogP contribution in [0.15, 0.2) is 36.5 Å². The minimum Gasteiger partial charge on any atom is -0.457 e. The van der Waals surface area contributed by atoms with Crippen LogP contribution in [0.3, 0.4) is 0 Å². The summed E-state index contributed by atoms with van der Waals surface area (Å²) in [6, 6.07) is 0. The molecule has 0 aromatic rings. The number of hydrogen-bond acceptors (Lipinski definition) is 14. The lowest BCUT2D eigenvalue weighted by atomic mass is 9.98. The van der Waals surface area contributed by atoms with Crippen LogP contribution in [0.1, 0.15) is 194 Å². The molecule has 2 saturated heterocycles. The van der Waals surface area contributed by atoms with Crippen LogP contribution >= 0.6 is 0 Å². The first-order valence-electron chi connectivity index (χ1n) is 26.6. The fourth-order valence-electron chi connectivity index (χ4n) is 8.36. The van der Waals surface area contributed by atoms with E-state index in [2.05, 4.69) is 50.3 Å². The first-order valence-corrected chi connectivity index (χ1v) is 26.6. The second kappa shape index (κ2) is 40.9. The van der Waals surface area contributed by atoms with Gasteiger partial charge in [-0.15, -0.1) is 0 Å². The van der Waals surface area contributed by atoms with Gasteiger partial charge in [0.25, 0.3) is 0 Å². The highest BCUT2D eigenvalue weighted by Gasteiger charge is 2.47. The van der Waals surface area contributed by atoms with Crippen LogP contribution in [-0.2, 0) is 33.2 Å². The number of unbranched alkanes of at least 4 members (excludes halogenated alkanes) is 22. The summed E-state index contributed by atoms with van der Waals surface area (Å²) < 4.78 is 34.3. The molecule has 2 aliphatic rings. The van der Waals surface area contributed by atoms with Crippen LogP contribution in [0.5, 0.6) is 0 Å². The van der Waals surface area contributed by atoms with Gasteiger partial charge in [-0.1, -0.05) is 179 Å². The molecule has 67 heavy (non-hydrogen) atoms. The number of aliphatic hydroxyl groups excluding tert-OH is 7. The Morgan fingerprint density at radius 3 is 1.52 bits per heavy atom. The second-order valence-electron chi connectivity index (χ2n) is 18.7. The van der Waals surface area contributed by atoms with E-state index in [-0.39, 0.29) is 25.6 Å². The van der Waals surface area contributed by atoms with E-state index < -0.39 is 80.7 Å². The first-order chi connectivity index (χ1) is 32.6. The fourth-order valence-corrected chi connectivity index (χ4v) is 8.36. The maximum Gasteiger partial charge on any atom is 0.306 e. The molecule has 0 amide bonds. The van der Waals surface area contributed by atoms with Crippen molar-refractivity contribution in [3.05, 3.63) is 36.5 Å². The molecular formula is C53H96O14. The molecule has 0 aromatic carbocycles. The van der Waals surface area contributed by atoms with E-state index in [4.69, 9.17) is 28.4 Å². The lowest BCUT2D eigenvalue weighted by Crippen LogP contribution is -2.61. The van der Waals surface area contributed by atoms with E-state index in [1.807, 2.05) is 0 Å². The summed E-state index contributed by atoms with van der Waals surface area (Å²) in [5.74, 6) is -0.379. The number of rotatable bonds is 42. The molecule has 11 unspecified atom stereocenters. The molecule has 2 aliphatic heterocycles. The zero-order valence-corrected chi connectivity index (χ0v) is 41.6. The van der Waals surface area contributed by atoms with Crippen molar-refractivity contribution in [3.8, 4) is 0 Å². The average molecular weight is 957 g/mol. The third-order valence-electron chi connectivity index (χ3n) is 12.7. The summed E-state index contributed by atoms with van der Waals surface area (Å²) >= 11 is 0. The summed E-state index contributed by atoms with van der Waals surface area (Å²) in [5.41, 5.74) is 0. The fraction of sp³-hybridized carbons (Fsp3) is 0.868. The van der Waals surface area contributed by atoms with Crippen molar-refractivity contribution in [1.82, 2.24) is 0 Å². The van der Waals surface area contributed by atoms with Crippen LogP contribution in [0.25, 0.3) is 0 Å². The normalized spacial score (nSPS) is 26.3. The van der Waals surface area contributed by atoms with Crippen molar-refractivity contribution in [2.75, 3.05) is 33.0 Å². The number of esters is 1. The summed E-state index contributed by atoms with van der Waals surface area (Å²) in [4.78, 5) is 13.0. The molecule has 14 heteroatoms. The Morgan fingerprint density at radius 1 is 0.507 bits per heavy atom. The topological polar surface area (TPSA) is 214 Å². The van der Waals surface area contributed by atoms with E-state index in [9.17, 15) is 40.5 Å². The molecule has 0 bridgehead atoms. The van der Waals surface area contributed by atoms with E-state index in [1.54, 1.807) is 0 Å². The summed E-state index contributed by atoms with van der Waals surface area (Å²) in [6.45, 7) is 3.57. The van der Waals surface area contributed by atoms with Gasteiger partial charge in [0, 0.05) is 13.0 Å². The molecule has 0 radical (unpaired) electrons. The third kappa shape index (κ3) is 28.6. The van der Waals surface area contributed by atoms with Gasteiger partial charge in [0.1, 0.15) is 54.9 Å². The van der Waals surface area contributed by atoms with Crippen molar-refractivity contribution in [1.29, 1.82) is 0 Å². The molecule has 392 valence electrons. The molecule has 2 rings (SSSR count). The van der Waals surface area contributed by atoms with Crippen molar-refractivity contribution >= 4 is 5.97 Å². The monoisotopic (exact) mass is 957 g/mol. The standard InChI is InChI=1S/C53H96O14/c1-3-5-7-9-11-13-15-17-19-21-22-24-26-28-30-32-34-36-45(55)65-42(39-62-37-35-33-31-29-27-25-23-20-18-16-14-12-10-8-6-4-2)40-63-52-51(61)49(59)47(57)44(67-52)41-64-53-50(60)48(58)46(56)43(38-54)66-53/h6,8,12,14,18,20,42-44,46-54,56-61H,3-5,7,9-11,13,15-17,19,21-41H2,1-2H3/b8-6-,14-12-,20-18-. The highest BCUT2D eigenvalue weighted by atomic mass is 16.7. The van der Waals surface area contributed by atoms with Gasteiger partial charge in [-0.3, -0.25) is 4.79 Å². The maximum atomic E-state index is 13.0. The maximum absolute atomic E-state index is 13.0. The summed E-state index contributed by atoms with van der Waals surface area (Å²) in [7, 11) is 0. The Kier molecular flexibility index (Phi) is 37.4. The SMILES string of the molecule is CC/C=C\C/C=C\C/C=C\CCCCCCCCOCC(COC1OC(COC2OC(CO)C(O)C(O)C2O)C(O)C(O)C1O)OC(=O)CCCCCCCCCCCCCCCCCCC. The third-order valence-corrected chi connectivity index (χ3v) is 12.7. The molecule has 2 fully saturated rings. The van der Waals surface area contributed by atoms with Crippen LogP contribution in [0.4, 0.5) is 0 Å². The quantitative estimate of drug-likeness (QED) is 0.0175. The van der Waals surface area contributed by atoms with Gasteiger partial charge in [0.15, 0.2) is 12.6 Å². The van der Waals surface area contributed by atoms with Crippen molar-refractivity contribution in [3.63, 3.8) is 0 Å². The summed E-state index contributed by atoms with van der Waals surface area (Å²) in [6.07, 6.45) is 29.2. The van der Waals surface area contributed by atoms with Crippen molar-refractivity contribution in [2.24, 2.45) is 0 Å². The van der Waals surface area contributed by atoms with Gasteiger partial charge in [-0.25, -0.2) is 0 Å². The highest BCUT2D eigenvalue weighted by molar-refractivity contribution is 5.69. The highest BCUT2D eigenvalue weighted by Crippen LogP contribution is 2.26. The van der Waals surface area contributed by atoms with Gasteiger partial charge in [-0.05, 0) is 44.9 Å². The Labute approximate surface area is 404 Å². The number of carbonyl (C=O) groups excluding carboxylic acids is 1. The lowest BCUT2D eigenvalue weighted by Gasteiger charge is -2.42. The number of allylic oxidation sites excluding steroid dienone is 6. The van der Waals surface area contributed by atoms with Gasteiger partial charge in [0.05, 0.1) is 26.4 Å². The molecule has 0 aliphatic carbocycles. The zero-order valence-electron chi connectivity index (χ0n) is 41.6. The number of aliphatic hydroxyl groups is 7. The Balaban J connectivity index is 1.76. The van der Waals surface area contributed by atoms with Crippen molar-refractivity contribution in [2.45, 2.75) is 261 Å². The smallest absolute Gasteiger partial charge is 0.306 e. The van der Waals surface area contributed by atoms with Gasteiger partial charge < -0.3 is 64.2 Å². The van der Waals surface area contributed by atoms with E-state index in [0.29, 0.717) is 13.0 Å². The van der Waals surface area contributed by atoms with Gasteiger partial charge in [0.2, 0.25) is 0 Å². The minimum atomic E-state index is -1.71. The number of ether oxygens (including phenoxy) is 6. The second-order valence-corrected chi connectivity index (χ2v) is 18.7. The van der Waals surface area contributed by atoms with Crippen LogP contribution in [0, 0.1) is 0 Å². The number of carbonyl (C=O) groups is 1. The lowest BCUT2D eigenvalue weighted by molar-refractivity contribution is -0.332. The zero-order chi connectivity index (χ0) is 48.7. The first kappa shape index (κ1) is 61.3. The molecular weight excluding hydrogens is 861 g/mol. The van der Waals surface area contributed by atoms with Crippen LogP contribution in [0.2, 0.25) is 0 Å². The van der Waals surface area contributed by atoms with E-state index in [1.165, 1.54) is 96.3 Å². The molecule has 0 spiro atoms. The van der Waals surface area contributed by atoms with Gasteiger partial charge >= 0.3 is 5.97 Å². The predicted molar refractivity (Wildman–Crippen MR) is 261 cm³/mol. The van der Waals surface area contributed by atoms with E-state index >= 15 is 0 Å². The Bertz CT molecular complexity index is 1250. The van der Waals surface area contributed by atoms with E-state index in [0.717, 1.165) is 70.6 Å². The molecule has 0 aromatic heterocycles. The average Bonchev–Trinajstić information content (AvgIpc) is 3.32. The molecule has 11 atom stereocenters. The Morgan fingerprint density at radius 2 is 0.970 bits per heavy atom. The van der Waals surface area contributed by atoms with Crippen LogP contribution < -0.4 is 0 Å². The van der Waals surface area contributed by atoms with Crippen LogP contribution in [-0.4, -0.2) is 142 Å². The van der Waals surface area contributed by atoms with Crippen molar-refractivity contribution < 1.29 is 69.0 Å². The Hall–Kier alpha value is -1.79. The number of hydrogen-bond donors (Lipinski definition) is 7.